The molecular formula is C18H19N3O2S. The van der Waals surface area contributed by atoms with Gasteiger partial charge in [-0.05, 0) is 30.0 Å². The van der Waals surface area contributed by atoms with E-state index in [0.717, 1.165) is 24.0 Å². The molecule has 3 aromatic rings. The molecule has 1 saturated heterocycles. The van der Waals surface area contributed by atoms with Gasteiger partial charge in [-0.25, -0.2) is 4.98 Å². The summed E-state index contributed by atoms with van der Waals surface area (Å²) >= 11 is 1.71. The number of aliphatic hydroxyl groups excluding tert-OH is 1. The molecule has 0 bridgehead atoms. The SMILES string of the molecule is O=C(CCn1c(CO)nc2ccccc21)N1CC[C@H]1c1cccs1. The number of aryl methyl sites for hydroxylation is 1. The van der Waals surface area contributed by atoms with Gasteiger partial charge in [0.2, 0.25) is 5.91 Å². The van der Waals surface area contributed by atoms with Crippen LogP contribution in [0, 0.1) is 0 Å². The van der Waals surface area contributed by atoms with Crippen molar-refractivity contribution in [3.8, 4) is 0 Å². The maximum atomic E-state index is 12.6. The number of carbonyl (C=O) groups is 1. The van der Waals surface area contributed by atoms with Crippen LogP contribution in [0.5, 0.6) is 0 Å². The van der Waals surface area contributed by atoms with Crippen LogP contribution >= 0.6 is 11.3 Å². The van der Waals surface area contributed by atoms with Gasteiger partial charge < -0.3 is 14.6 Å². The predicted octanol–water partition coefficient (Wildman–Crippen LogP) is 2.95. The van der Waals surface area contributed by atoms with Gasteiger partial charge in [-0.1, -0.05) is 18.2 Å². The molecule has 6 heteroatoms. The number of aliphatic hydroxyl groups is 1. The van der Waals surface area contributed by atoms with Crippen molar-refractivity contribution in [1.29, 1.82) is 0 Å². The standard InChI is InChI=1S/C18H19N3O2S/c22-12-17-19-13-4-1-2-5-14(13)20(17)10-8-18(23)21-9-7-15(21)16-6-3-11-24-16/h1-6,11,15,22H,7-10,12H2/t15-/m0/s1. The summed E-state index contributed by atoms with van der Waals surface area (Å²) in [4.78, 5) is 20.3. The van der Waals surface area contributed by atoms with E-state index in [1.165, 1.54) is 4.88 Å². The topological polar surface area (TPSA) is 58.4 Å². The number of para-hydroxylation sites is 2. The summed E-state index contributed by atoms with van der Waals surface area (Å²) in [5.74, 6) is 0.781. The molecule has 0 radical (unpaired) electrons. The molecule has 0 spiro atoms. The number of hydrogen-bond donors (Lipinski definition) is 1. The van der Waals surface area contributed by atoms with Gasteiger partial charge in [0.1, 0.15) is 12.4 Å². The molecule has 1 N–H and O–H groups in total. The Kier molecular flexibility index (Phi) is 4.08. The number of hydrogen-bond acceptors (Lipinski definition) is 4. The van der Waals surface area contributed by atoms with Crippen LogP contribution in [-0.2, 0) is 17.9 Å². The lowest BCUT2D eigenvalue weighted by atomic mass is 10.0. The number of imidazole rings is 1. The summed E-state index contributed by atoms with van der Waals surface area (Å²) in [5, 5.41) is 11.6. The van der Waals surface area contributed by atoms with Crippen LogP contribution in [0.4, 0.5) is 0 Å². The van der Waals surface area contributed by atoms with Crippen LogP contribution in [-0.4, -0.2) is 32.0 Å². The summed E-state index contributed by atoms with van der Waals surface area (Å²) in [6.07, 6.45) is 1.47. The number of thiophene rings is 1. The van der Waals surface area contributed by atoms with Crippen LogP contribution in [0.25, 0.3) is 11.0 Å². The first-order valence-corrected chi connectivity index (χ1v) is 9.04. The van der Waals surface area contributed by atoms with Crippen LogP contribution in [0.2, 0.25) is 0 Å². The number of aromatic nitrogens is 2. The second-order valence-corrected chi connectivity index (χ2v) is 6.96. The Hall–Kier alpha value is -2.18. The second kappa shape index (κ2) is 6.37. The first-order valence-electron chi connectivity index (χ1n) is 8.16. The third-order valence-electron chi connectivity index (χ3n) is 4.64. The zero-order valence-electron chi connectivity index (χ0n) is 13.3. The average Bonchev–Trinajstić information content (AvgIpc) is 3.19. The Morgan fingerprint density at radius 1 is 1.29 bits per heavy atom. The maximum Gasteiger partial charge on any atom is 0.224 e. The predicted molar refractivity (Wildman–Crippen MR) is 93.7 cm³/mol. The number of amides is 1. The molecule has 0 unspecified atom stereocenters. The van der Waals surface area contributed by atoms with Crippen molar-refractivity contribution in [2.75, 3.05) is 6.54 Å². The van der Waals surface area contributed by atoms with Gasteiger partial charge in [0, 0.05) is 24.4 Å². The van der Waals surface area contributed by atoms with Crippen molar-refractivity contribution in [1.82, 2.24) is 14.5 Å². The Balaban J connectivity index is 1.48. The van der Waals surface area contributed by atoms with E-state index in [1.54, 1.807) is 11.3 Å². The normalized spacial score (nSPS) is 17.2. The number of fused-ring (bicyclic) bond motifs is 1. The molecule has 5 nitrogen and oxygen atoms in total. The monoisotopic (exact) mass is 341 g/mol. The number of carbonyl (C=O) groups excluding carboxylic acids is 1. The lowest BCUT2D eigenvalue weighted by Gasteiger charge is -2.40. The largest absolute Gasteiger partial charge is 0.388 e. The van der Waals surface area contributed by atoms with Gasteiger partial charge in [-0.15, -0.1) is 11.3 Å². The molecule has 24 heavy (non-hydrogen) atoms. The fraction of sp³-hybridized carbons (Fsp3) is 0.333. The number of rotatable bonds is 5. The first kappa shape index (κ1) is 15.4. The van der Waals surface area contributed by atoms with E-state index >= 15 is 0 Å². The molecule has 2 aromatic heterocycles. The van der Waals surface area contributed by atoms with E-state index in [0.29, 0.717) is 18.8 Å². The Labute approximate surface area is 144 Å². The molecule has 0 saturated carbocycles. The molecule has 4 rings (SSSR count). The van der Waals surface area contributed by atoms with Gasteiger partial charge in [-0.3, -0.25) is 4.79 Å². The number of benzene rings is 1. The van der Waals surface area contributed by atoms with Crippen molar-refractivity contribution < 1.29 is 9.90 Å². The highest BCUT2D eigenvalue weighted by molar-refractivity contribution is 7.10. The number of likely N-dealkylation sites (tertiary alicyclic amines) is 1. The minimum atomic E-state index is -0.121. The summed E-state index contributed by atoms with van der Waals surface area (Å²) < 4.78 is 1.95. The highest BCUT2D eigenvalue weighted by Gasteiger charge is 2.33. The lowest BCUT2D eigenvalue weighted by Crippen LogP contribution is -2.45. The number of nitrogens with zero attached hydrogens (tertiary/aromatic N) is 3. The highest BCUT2D eigenvalue weighted by atomic mass is 32.1. The average molecular weight is 341 g/mol. The van der Waals surface area contributed by atoms with E-state index in [1.807, 2.05) is 39.8 Å². The molecular weight excluding hydrogens is 322 g/mol. The van der Waals surface area contributed by atoms with Gasteiger partial charge in [-0.2, -0.15) is 0 Å². The first-order chi connectivity index (χ1) is 11.8. The summed E-state index contributed by atoms with van der Waals surface area (Å²) in [6.45, 7) is 1.26. The smallest absolute Gasteiger partial charge is 0.224 e. The molecule has 1 aliphatic rings. The van der Waals surface area contributed by atoms with Crippen molar-refractivity contribution in [3.05, 3.63) is 52.5 Å². The van der Waals surface area contributed by atoms with E-state index in [9.17, 15) is 9.90 Å². The summed E-state index contributed by atoms with van der Waals surface area (Å²) in [6, 6.07) is 12.2. The van der Waals surface area contributed by atoms with Crippen LogP contribution in [0.3, 0.4) is 0 Å². The van der Waals surface area contributed by atoms with Crippen molar-refractivity contribution in [3.63, 3.8) is 0 Å². The van der Waals surface area contributed by atoms with Crippen molar-refractivity contribution in [2.45, 2.75) is 32.0 Å². The molecule has 124 valence electrons. The van der Waals surface area contributed by atoms with Gasteiger partial charge >= 0.3 is 0 Å². The Bertz CT molecular complexity index is 856. The molecule has 0 aliphatic carbocycles. The zero-order valence-corrected chi connectivity index (χ0v) is 14.1. The Morgan fingerprint density at radius 3 is 2.88 bits per heavy atom. The lowest BCUT2D eigenvalue weighted by molar-refractivity contribution is -0.139. The minimum absolute atomic E-state index is 0.121. The van der Waals surface area contributed by atoms with E-state index in [-0.39, 0.29) is 18.6 Å². The minimum Gasteiger partial charge on any atom is -0.388 e. The van der Waals surface area contributed by atoms with Crippen molar-refractivity contribution in [2.24, 2.45) is 0 Å². The highest BCUT2D eigenvalue weighted by Crippen LogP contribution is 2.36. The maximum absolute atomic E-state index is 12.6. The summed E-state index contributed by atoms with van der Waals surface area (Å²) in [5.41, 5.74) is 1.82. The van der Waals surface area contributed by atoms with Gasteiger partial charge in [0.25, 0.3) is 0 Å². The van der Waals surface area contributed by atoms with Gasteiger partial charge in [0.15, 0.2) is 0 Å². The molecule has 1 atom stereocenters. The zero-order chi connectivity index (χ0) is 16.5. The van der Waals surface area contributed by atoms with Crippen LogP contribution in [0.1, 0.15) is 29.6 Å². The van der Waals surface area contributed by atoms with Crippen LogP contribution < -0.4 is 0 Å². The van der Waals surface area contributed by atoms with Crippen molar-refractivity contribution >= 4 is 28.3 Å². The molecule has 1 amide bonds. The van der Waals surface area contributed by atoms with Crippen LogP contribution in [0.15, 0.2) is 41.8 Å². The van der Waals surface area contributed by atoms with E-state index in [4.69, 9.17) is 0 Å². The second-order valence-electron chi connectivity index (χ2n) is 5.98. The fourth-order valence-electron chi connectivity index (χ4n) is 3.31. The molecule has 3 heterocycles. The third kappa shape index (κ3) is 2.61. The quantitative estimate of drug-likeness (QED) is 0.776. The van der Waals surface area contributed by atoms with E-state index < -0.39 is 0 Å². The van der Waals surface area contributed by atoms with Gasteiger partial charge in [0.05, 0.1) is 17.1 Å². The molecule has 1 aromatic carbocycles. The molecule has 1 aliphatic heterocycles. The van der Waals surface area contributed by atoms with E-state index in [2.05, 4.69) is 16.4 Å². The third-order valence-corrected chi connectivity index (χ3v) is 5.61. The summed E-state index contributed by atoms with van der Waals surface area (Å²) in [7, 11) is 0. The molecule has 1 fully saturated rings. The fourth-order valence-corrected chi connectivity index (χ4v) is 4.18. The Morgan fingerprint density at radius 2 is 2.17 bits per heavy atom.